The van der Waals surface area contributed by atoms with Crippen molar-refractivity contribution in [2.75, 3.05) is 10.8 Å². The van der Waals surface area contributed by atoms with Crippen LogP contribution >= 0.6 is 11.3 Å². The maximum Gasteiger partial charge on any atom is 0.273 e. The molecule has 0 radical (unpaired) electrons. The average molecular weight is 373 g/mol. The van der Waals surface area contributed by atoms with Gasteiger partial charge in [-0.05, 0) is 48.2 Å². The van der Waals surface area contributed by atoms with Crippen LogP contribution in [0.4, 0.5) is 5.69 Å². The predicted molar refractivity (Wildman–Crippen MR) is 102 cm³/mol. The summed E-state index contributed by atoms with van der Waals surface area (Å²) in [6.45, 7) is 2.67. The molecule has 6 heteroatoms. The van der Waals surface area contributed by atoms with Gasteiger partial charge in [0.15, 0.2) is 0 Å². The quantitative estimate of drug-likeness (QED) is 0.611. The number of sulfonamides is 1. The summed E-state index contributed by atoms with van der Waals surface area (Å²) < 4.78 is 33.0. The van der Waals surface area contributed by atoms with Crippen LogP contribution in [0.2, 0.25) is 0 Å². The molecule has 0 bridgehead atoms. The number of hydrogen-bond acceptors (Lipinski definition) is 4. The van der Waals surface area contributed by atoms with Gasteiger partial charge in [0.1, 0.15) is 16.6 Å². The largest absolute Gasteiger partial charge is 0.489 e. The van der Waals surface area contributed by atoms with Crippen molar-refractivity contribution >= 4 is 27.0 Å². The Kier molecular flexibility index (Phi) is 5.40. The molecule has 0 fully saturated rings. The number of rotatable bonds is 7. The summed E-state index contributed by atoms with van der Waals surface area (Å²) in [6, 6.07) is 20.4. The van der Waals surface area contributed by atoms with Gasteiger partial charge in [-0.15, -0.1) is 11.3 Å². The molecule has 130 valence electrons. The molecule has 1 heterocycles. The minimum absolute atomic E-state index is 0.346. The Bertz CT molecular complexity index is 890. The molecule has 2 aromatic carbocycles. The number of ether oxygens (including phenoxy) is 1. The average Bonchev–Trinajstić information content (AvgIpc) is 3.18. The Balaban J connectivity index is 1.74. The minimum Gasteiger partial charge on any atom is -0.489 e. The monoisotopic (exact) mass is 373 g/mol. The van der Waals surface area contributed by atoms with E-state index < -0.39 is 10.0 Å². The van der Waals surface area contributed by atoms with Crippen LogP contribution in [0.1, 0.15) is 12.5 Å². The molecule has 0 aliphatic heterocycles. The number of hydrogen-bond donors (Lipinski definition) is 0. The lowest BCUT2D eigenvalue weighted by Gasteiger charge is -2.22. The summed E-state index contributed by atoms with van der Waals surface area (Å²) in [4.78, 5) is 0. The van der Waals surface area contributed by atoms with Crippen molar-refractivity contribution in [3.8, 4) is 5.75 Å². The Labute approximate surface area is 152 Å². The van der Waals surface area contributed by atoms with Crippen LogP contribution in [0.3, 0.4) is 0 Å². The van der Waals surface area contributed by atoms with Crippen molar-refractivity contribution in [2.45, 2.75) is 17.7 Å². The van der Waals surface area contributed by atoms with E-state index in [0.29, 0.717) is 28.8 Å². The third-order valence-electron chi connectivity index (χ3n) is 3.70. The van der Waals surface area contributed by atoms with Gasteiger partial charge in [0.25, 0.3) is 10.0 Å². The first-order valence-electron chi connectivity index (χ1n) is 7.94. The van der Waals surface area contributed by atoms with E-state index in [-0.39, 0.29) is 0 Å². The van der Waals surface area contributed by atoms with Gasteiger partial charge in [0, 0.05) is 6.54 Å². The van der Waals surface area contributed by atoms with Gasteiger partial charge in [-0.2, -0.15) is 0 Å². The summed E-state index contributed by atoms with van der Waals surface area (Å²) >= 11 is 1.22. The molecule has 1 aromatic heterocycles. The van der Waals surface area contributed by atoms with Gasteiger partial charge in [-0.25, -0.2) is 8.42 Å². The topological polar surface area (TPSA) is 46.6 Å². The molecule has 4 nitrogen and oxygen atoms in total. The smallest absolute Gasteiger partial charge is 0.273 e. The maximum atomic E-state index is 12.7. The van der Waals surface area contributed by atoms with Crippen LogP contribution < -0.4 is 9.04 Å². The molecule has 0 spiro atoms. The highest BCUT2D eigenvalue weighted by molar-refractivity contribution is 7.94. The van der Waals surface area contributed by atoms with Crippen molar-refractivity contribution in [3.05, 3.63) is 77.7 Å². The first-order valence-corrected chi connectivity index (χ1v) is 10.3. The van der Waals surface area contributed by atoms with Crippen LogP contribution in [0.15, 0.2) is 76.3 Å². The molecular weight excluding hydrogens is 354 g/mol. The van der Waals surface area contributed by atoms with Crippen molar-refractivity contribution in [1.29, 1.82) is 0 Å². The van der Waals surface area contributed by atoms with Crippen LogP contribution in [-0.4, -0.2) is 15.0 Å². The first-order chi connectivity index (χ1) is 12.1. The number of nitrogens with zero attached hydrogens (tertiary/aromatic N) is 1. The van der Waals surface area contributed by atoms with Crippen LogP contribution in [-0.2, 0) is 16.6 Å². The lowest BCUT2D eigenvalue weighted by molar-refractivity contribution is 0.306. The zero-order valence-corrected chi connectivity index (χ0v) is 15.5. The van der Waals surface area contributed by atoms with Gasteiger partial charge >= 0.3 is 0 Å². The molecule has 0 atom stereocenters. The SMILES string of the molecule is CCN(c1ccc(OCc2ccccc2)cc1)S(=O)(=O)c1cccs1. The molecule has 0 unspecified atom stereocenters. The standard InChI is InChI=1S/C19H19NO3S2/c1-2-20(25(21,22)19-9-6-14-24-19)17-10-12-18(13-11-17)23-15-16-7-4-3-5-8-16/h3-14H,2,15H2,1H3. The van der Waals surface area contributed by atoms with Crippen molar-refractivity contribution < 1.29 is 13.2 Å². The first kappa shape index (κ1) is 17.5. The number of thiophene rings is 1. The molecule has 3 aromatic rings. The van der Waals surface area contributed by atoms with E-state index in [1.165, 1.54) is 15.6 Å². The fourth-order valence-electron chi connectivity index (χ4n) is 2.46. The summed E-state index contributed by atoms with van der Waals surface area (Å²) in [6.07, 6.45) is 0. The van der Waals surface area contributed by atoms with Gasteiger partial charge in [0.2, 0.25) is 0 Å². The Morgan fingerprint density at radius 1 is 0.960 bits per heavy atom. The van der Waals surface area contributed by atoms with E-state index in [1.54, 1.807) is 41.8 Å². The van der Waals surface area contributed by atoms with E-state index in [2.05, 4.69) is 0 Å². The van der Waals surface area contributed by atoms with E-state index >= 15 is 0 Å². The molecule has 0 aliphatic carbocycles. The molecule has 25 heavy (non-hydrogen) atoms. The second-order valence-electron chi connectivity index (χ2n) is 5.37. The van der Waals surface area contributed by atoms with Gasteiger partial charge in [-0.3, -0.25) is 4.31 Å². The Hall–Kier alpha value is -2.31. The third kappa shape index (κ3) is 4.03. The summed E-state index contributed by atoms with van der Waals surface area (Å²) in [7, 11) is -3.52. The van der Waals surface area contributed by atoms with Crippen LogP contribution in [0.25, 0.3) is 0 Å². The second kappa shape index (κ2) is 7.72. The number of benzene rings is 2. The summed E-state index contributed by atoms with van der Waals surface area (Å²) in [5.74, 6) is 0.706. The highest BCUT2D eigenvalue weighted by Crippen LogP contribution is 2.28. The lowest BCUT2D eigenvalue weighted by Crippen LogP contribution is -2.30. The molecule has 0 N–H and O–H groups in total. The normalized spacial score (nSPS) is 11.2. The second-order valence-corrected chi connectivity index (χ2v) is 8.41. The molecular formula is C19H19NO3S2. The van der Waals surface area contributed by atoms with Gasteiger partial charge < -0.3 is 4.74 Å². The summed E-state index contributed by atoms with van der Waals surface area (Å²) in [5, 5.41) is 1.77. The van der Waals surface area contributed by atoms with Crippen molar-refractivity contribution in [3.63, 3.8) is 0 Å². The van der Waals surface area contributed by atoms with E-state index in [0.717, 1.165) is 5.56 Å². The Morgan fingerprint density at radius 3 is 2.28 bits per heavy atom. The highest BCUT2D eigenvalue weighted by atomic mass is 32.2. The fourth-order valence-corrected chi connectivity index (χ4v) is 5.04. The van der Waals surface area contributed by atoms with Gasteiger partial charge in [0.05, 0.1) is 5.69 Å². The predicted octanol–water partition coefficient (Wildman–Crippen LogP) is 4.54. The Morgan fingerprint density at radius 2 is 1.68 bits per heavy atom. The minimum atomic E-state index is -3.52. The molecule has 0 amide bonds. The molecule has 3 rings (SSSR count). The fraction of sp³-hybridized carbons (Fsp3) is 0.158. The molecule has 0 aliphatic rings. The molecule has 0 saturated heterocycles. The third-order valence-corrected chi connectivity index (χ3v) is 6.98. The zero-order valence-electron chi connectivity index (χ0n) is 13.8. The van der Waals surface area contributed by atoms with Gasteiger partial charge in [-0.1, -0.05) is 36.4 Å². The lowest BCUT2D eigenvalue weighted by atomic mass is 10.2. The van der Waals surface area contributed by atoms with Crippen LogP contribution in [0, 0.1) is 0 Å². The number of anilines is 1. The zero-order chi connectivity index (χ0) is 17.7. The summed E-state index contributed by atoms with van der Waals surface area (Å²) in [5.41, 5.74) is 1.71. The van der Waals surface area contributed by atoms with E-state index in [9.17, 15) is 8.42 Å². The molecule has 0 saturated carbocycles. The van der Waals surface area contributed by atoms with E-state index in [1.807, 2.05) is 37.3 Å². The maximum absolute atomic E-state index is 12.7. The highest BCUT2D eigenvalue weighted by Gasteiger charge is 2.24. The van der Waals surface area contributed by atoms with Crippen LogP contribution in [0.5, 0.6) is 5.75 Å². The van der Waals surface area contributed by atoms with Crippen molar-refractivity contribution in [2.24, 2.45) is 0 Å². The van der Waals surface area contributed by atoms with E-state index in [4.69, 9.17) is 4.74 Å². The van der Waals surface area contributed by atoms with Crippen molar-refractivity contribution in [1.82, 2.24) is 0 Å².